The lowest BCUT2D eigenvalue weighted by molar-refractivity contribution is -0.132. The summed E-state index contributed by atoms with van der Waals surface area (Å²) in [5.41, 5.74) is 5.73. The number of hydrogen-bond acceptors (Lipinski definition) is 3. The van der Waals surface area contributed by atoms with Crippen LogP contribution in [0.15, 0.2) is 4.99 Å². The monoisotopic (exact) mass is 345 g/mol. The second kappa shape index (κ2) is 7.28. The Morgan fingerprint density at radius 2 is 1.52 bits per heavy atom. The average Bonchev–Trinajstić information content (AvgIpc) is 3.43. The molecule has 1 atom stereocenters. The lowest BCUT2D eigenvalue weighted by atomic mass is 9.75. The van der Waals surface area contributed by atoms with Gasteiger partial charge < -0.3 is 5.73 Å². The molecule has 0 saturated heterocycles. The third-order valence-corrected chi connectivity index (χ3v) is 7.15. The molecule has 0 radical (unpaired) electrons. The molecule has 1 heterocycles. The summed E-state index contributed by atoms with van der Waals surface area (Å²) in [6, 6.07) is 0.346. The van der Waals surface area contributed by atoms with Gasteiger partial charge in [-0.3, -0.25) is 9.69 Å². The van der Waals surface area contributed by atoms with Crippen molar-refractivity contribution in [3.63, 3.8) is 0 Å². The molecular formula is C21H35N3O. The van der Waals surface area contributed by atoms with E-state index in [1.54, 1.807) is 0 Å². The van der Waals surface area contributed by atoms with E-state index in [9.17, 15) is 4.79 Å². The summed E-state index contributed by atoms with van der Waals surface area (Å²) >= 11 is 0. The molecule has 25 heavy (non-hydrogen) atoms. The minimum Gasteiger partial charge on any atom is -0.369 e. The highest BCUT2D eigenvalue weighted by molar-refractivity contribution is 6.07. The molecule has 1 unspecified atom stereocenters. The smallest absolute Gasteiger partial charge is 0.257 e. The third kappa shape index (κ3) is 3.73. The van der Waals surface area contributed by atoms with Crippen LogP contribution in [0.2, 0.25) is 0 Å². The van der Waals surface area contributed by atoms with E-state index >= 15 is 0 Å². The number of rotatable bonds is 6. The largest absolute Gasteiger partial charge is 0.369 e. The summed E-state index contributed by atoms with van der Waals surface area (Å²) in [7, 11) is 0. The summed E-state index contributed by atoms with van der Waals surface area (Å²) in [4.78, 5) is 20.2. The minimum absolute atomic E-state index is 0.244. The predicted octanol–water partition coefficient (Wildman–Crippen LogP) is 4.38. The lowest BCUT2D eigenvalue weighted by Crippen LogP contribution is -2.46. The Balaban J connectivity index is 1.49. The Hall–Kier alpha value is -1.06. The van der Waals surface area contributed by atoms with Crippen LogP contribution in [0.25, 0.3) is 0 Å². The Labute approximate surface area is 152 Å². The molecule has 140 valence electrons. The molecule has 0 aromatic carbocycles. The SMILES string of the molecule is NC1=NC(CCC2CCCCC2)(CC2CCCCC2)C(=O)N1C1CC1. The fraction of sp³-hybridized carbons (Fsp3) is 0.905. The summed E-state index contributed by atoms with van der Waals surface area (Å²) in [6.45, 7) is 0. The molecule has 4 heteroatoms. The highest BCUT2D eigenvalue weighted by atomic mass is 16.2. The second-order valence-electron chi connectivity index (χ2n) is 9.16. The molecule has 2 N–H and O–H groups in total. The lowest BCUT2D eigenvalue weighted by Gasteiger charge is -2.33. The van der Waals surface area contributed by atoms with Gasteiger partial charge in [0.2, 0.25) is 0 Å². The molecule has 0 aromatic rings. The van der Waals surface area contributed by atoms with Gasteiger partial charge >= 0.3 is 0 Å². The highest BCUT2D eigenvalue weighted by Gasteiger charge is 2.52. The summed E-state index contributed by atoms with van der Waals surface area (Å²) < 4.78 is 0. The number of carbonyl (C=O) groups is 1. The molecule has 4 nitrogen and oxygen atoms in total. The van der Waals surface area contributed by atoms with E-state index in [1.165, 1.54) is 64.2 Å². The topological polar surface area (TPSA) is 58.7 Å². The molecule has 4 rings (SSSR count). The minimum atomic E-state index is -0.522. The maximum atomic E-state index is 13.4. The van der Waals surface area contributed by atoms with E-state index in [0.717, 1.165) is 38.0 Å². The molecule has 0 aromatic heterocycles. The van der Waals surface area contributed by atoms with Gasteiger partial charge in [0, 0.05) is 6.04 Å². The average molecular weight is 346 g/mol. The summed E-state index contributed by atoms with van der Waals surface area (Å²) in [6.07, 6.45) is 18.6. The number of carbonyl (C=O) groups excluding carboxylic acids is 1. The van der Waals surface area contributed by atoms with Crippen molar-refractivity contribution >= 4 is 11.9 Å². The van der Waals surface area contributed by atoms with Gasteiger partial charge in [-0.25, -0.2) is 4.99 Å². The number of nitrogens with two attached hydrogens (primary N) is 1. The van der Waals surface area contributed by atoms with Crippen molar-refractivity contribution in [3.8, 4) is 0 Å². The molecule has 0 spiro atoms. The van der Waals surface area contributed by atoms with E-state index in [2.05, 4.69) is 0 Å². The van der Waals surface area contributed by atoms with E-state index < -0.39 is 5.54 Å². The van der Waals surface area contributed by atoms with Crippen LogP contribution in [0.1, 0.15) is 96.3 Å². The molecule has 3 fully saturated rings. The first kappa shape index (κ1) is 17.4. The van der Waals surface area contributed by atoms with Gasteiger partial charge in [-0.2, -0.15) is 0 Å². The quantitative estimate of drug-likeness (QED) is 0.777. The van der Waals surface area contributed by atoms with E-state index in [-0.39, 0.29) is 5.91 Å². The zero-order chi connectivity index (χ0) is 17.3. The van der Waals surface area contributed by atoms with Crippen LogP contribution in [0.5, 0.6) is 0 Å². The van der Waals surface area contributed by atoms with Crippen LogP contribution in [0.3, 0.4) is 0 Å². The van der Waals surface area contributed by atoms with Crippen molar-refractivity contribution in [1.82, 2.24) is 4.90 Å². The van der Waals surface area contributed by atoms with Gasteiger partial charge in [0.15, 0.2) is 5.96 Å². The maximum absolute atomic E-state index is 13.4. The van der Waals surface area contributed by atoms with E-state index in [4.69, 9.17) is 10.7 Å². The number of nitrogens with zero attached hydrogens (tertiary/aromatic N) is 2. The molecule has 4 aliphatic rings. The normalized spacial score (nSPS) is 32.2. The van der Waals surface area contributed by atoms with Gasteiger partial charge in [0.05, 0.1) is 0 Å². The summed E-state index contributed by atoms with van der Waals surface area (Å²) in [5, 5.41) is 0. The van der Waals surface area contributed by atoms with E-state index in [1.807, 2.05) is 4.90 Å². The third-order valence-electron chi connectivity index (χ3n) is 7.15. The summed E-state index contributed by atoms with van der Waals surface area (Å²) in [5.74, 6) is 2.23. The van der Waals surface area contributed by atoms with Gasteiger partial charge in [-0.15, -0.1) is 0 Å². The van der Waals surface area contributed by atoms with Gasteiger partial charge in [-0.1, -0.05) is 64.2 Å². The molecule has 0 bridgehead atoms. The number of amides is 1. The Morgan fingerprint density at radius 1 is 0.920 bits per heavy atom. The van der Waals surface area contributed by atoms with Crippen LogP contribution in [0, 0.1) is 11.8 Å². The van der Waals surface area contributed by atoms with Crippen molar-refractivity contribution in [3.05, 3.63) is 0 Å². The molecule has 3 saturated carbocycles. The first-order valence-corrected chi connectivity index (χ1v) is 10.9. The second-order valence-corrected chi connectivity index (χ2v) is 9.16. The van der Waals surface area contributed by atoms with Crippen LogP contribution in [-0.4, -0.2) is 28.3 Å². The van der Waals surface area contributed by atoms with Gasteiger partial charge in [-0.05, 0) is 43.9 Å². The van der Waals surface area contributed by atoms with Crippen LogP contribution in [0.4, 0.5) is 0 Å². The Morgan fingerprint density at radius 3 is 2.12 bits per heavy atom. The highest BCUT2D eigenvalue weighted by Crippen LogP contribution is 2.43. The Bertz CT molecular complexity index is 515. The van der Waals surface area contributed by atoms with E-state index in [0.29, 0.717) is 17.9 Å². The maximum Gasteiger partial charge on any atom is 0.257 e. The number of guanidine groups is 1. The standard InChI is InChI=1S/C21H35N3O/c22-20-23-21(15-17-9-5-2-6-10-17,19(25)24(20)18-11-12-18)14-13-16-7-3-1-4-8-16/h16-18H,1-15H2,(H2,22,23). The van der Waals surface area contributed by atoms with Crippen LogP contribution < -0.4 is 5.73 Å². The fourth-order valence-electron chi connectivity index (χ4n) is 5.52. The molecule has 1 aliphatic heterocycles. The fourth-order valence-corrected chi connectivity index (χ4v) is 5.52. The van der Waals surface area contributed by atoms with Gasteiger partial charge in [0.25, 0.3) is 5.91 Å². The Kier molecular flexibility index (Phi) is 5.06. The first-order chi connectivity index (χ1) is 12.2. The molecule has 1 amide bonds. The van der Waals surface area contributed by atoms with Crippen molar-refractivity contribution in [2.24, 2.45) is 22.6 Å². The van der Waals surface area contributed by atoms with Crippen molar-refractivity contribution in [2.45, 2.75) is 108 Å². The number of aliphatic imine (C=N–C) groups is 1. The van der Waals surface area contributed by atoms with Gasteiger partial charge in [0.1, 0.15) is 5.54 Å². The van der Waals surface area contributed by atoms with Crippen LogP contribution >= 0.6 is 0 Å². The van der Waals surface area contributed by atoms with Crippen molar-refractivity contribution in [1.29, 1.82) is 0 Å². The molecular weight excluding hydrogens is 310 g/mol. The first-order valence-electron chi connectivity index (χ1n) is 10.9. The predicted molar refractivity (Wildman–Crippen MR) is 101 cm³/mol. The van der Waals surface area contributed by atoms with Crippen LogP contribution in [-0.2, 0) is 4.79 Å². The van der Waals surface area contributed by atoms with Crippen molar-refractivity contribution < 1.29 is 4.79 Å². The van der Waals surface area contributed by atoms with Crippen molar-refractivity contribution in [2.75, 3.05) is 0 Å². The zero-order valence-corrected chi connectivity index (χ0v) is 15.7. The number of hydrogen-bond donors (Lipinski definition) is 1. The molecule has 3 aliphatic carbocycles. The zero-order valence-electron chi connectivity index (χ0n) is 15.7.